The number of hydrogen-bond acceptors (Lipinski definition) is 5. The van der Waals surface area contributed by atoms with Gasteiger partial charge in [0.25, 0.3) is 11.1 Å². The Morgan fingerprint density at radius 3 is 2.41 bits per heavy atom. The molecule has 0 aromatic heterocycles. The van der Waals surface area contributed by atoms with Gasteiger partial charge in [-0.15, -0.1) is 0 Å². The molecule has 0 N–H and O–H groups in total. The molecule has 0 unspecified atom stereocenters. The Hall–Kier alpha value is -1.70. The summed E-state index contributed by atoms with van der Waals surface area (Å²) in [6, 6.07) is 10.6. The highest BCUT2D eigenvalue weighted by Gasteiger charge is 2.34. The van der Waals surface area contributed by atoms with Gasteiger partial charge in [-0.1, -0.05) is 53.0 Å². The summed E-state index contributed by atoms with van der Waals surface area (Å²) in [5.74, 6) is -0.0538. The summed E-state index contributed by atoms with van der Waals surface area (Å²) in [5, 5.41) is 0.819. The fraction of sp³-hybridized carbons (Fsp3) is 0.200. The van der Waals surface area contributed by atoms with E-state index in [-0.39, 0.29) is 41.0 Å². The average molecular weight is 473 g/mol. The Morgan fingerprint density at radius 1 is 1.07 bits per heavy atom. The molecule has 1 aliphatic rings. The van der Waals surface area contributed by atoms with Gasteiger partial charge in [-0.2, -0.15) is 0 Å². The maximum atomic E-state index is 12.4. The van der Waals surface area contributed by atoms with E-state index in [4.69, 9.17) is 44.3 Å². The SMILES string of the molecule is COCCN1C(=O)S/C(=C/c2cc(Cl)c(OCc3ccccc3Cl)c(Cl)c2)C1=O. The van der Waals surface area contributed by atoms with Crippen LogP contribution in [0, 0.1) is 0 Å². The molecule has 3 rings (SSSR count). The summed E-state index contributed by atoms with van der Waals surface area (Å²) < 4.78 is 10.7. The number of imide groups is 1. The van der Waals surface area contributed by atoms with Crippen molar-refractivity contribution >= 4 is 63.8 Å². The molecule has 0 atom stereocenters. The van der Waals surface area contributed by atoms with Crippen LogP contribution in [-0.4, -0.2) is 36.3 Å². The van der Waals surface area contributed by atoms with E-state index in [2.05, 4.69) is 0 Å². The molecule has 0 radical (unpaired) electrons. The van der Waals surface area contributed by atoms with Crippen LogP contribution >= 0.6 is 46.6 Å². The maximum Gasteiger partial charge on any atom is 0.293 e. The van der Waals surface area contributed by atoms with Gasteiger partial charge in [0.1, 0.15) is 6.61 Å². The highest BCUT2D eigenvalue weighted by molar-refractivity contribution is 8.18. The first-order valence-electron chi connectivity index (χ1n) is 8.50. The smallest absolute Gasteiger partial charge is 0.293 e. The summed E-state index contributed by atoms with van der Waals surface area (Å²) in [5.41, 5.74) is 1.39. The van der Waals surface area contributed by atoms with E-state index < -0.39 is 0 Å². The number of nitrogens with zero attached hydrogens (tertiary/aromatic N) is 1. The Kier molecular flexibility index (Phi) is 7.49. The minimum atomic E-state index is -0.372. The van der Waals surface area contributed by atoms with Crippen molar-refractivity contribution in [3.63, 3.8) is 0 Å². The molecule has 0 spiro atoms. The zero-order chi connectivity index (χ0) is 21.0. The molecule has 9 heteroatoms. The number of rotatable bonds is 7. The van der Waals surface area contributed by atoms with E-state index in [1.54, 1.807) is 24.3 Å². The summed E-state index contributed by atoms with van der Waals surface area (Å²) >= 11 is 19.7. The lowest BCUT2D eigenvalue weighted by Gasteiger charge is -2.12. The Labute approximate surface area is 187 Å². The summed E-state index contributed by atoms with van der Waals surface area (Å²) in [4.78, 5) is 25.9. The van der Waals surface area contributed by atoms with Crippen LogP contribution in [0.25, 0.3) is 6.08 Å². The Bertz CT molecular complexity index is 957. The van der Waals surface area contributed by atoms with E-state index in [1.165, 1.54) is 7.11 Å². The monoisotopic (exact) mass is 471 g/mol. The molecule has 0 saturated carbocycles. The van der Waals surface area contributed by atoms with E-state index in [0.29, 0.717) is 21.2 Å². The van der Waals surface area contributed by atoms with Crippen molar-refractivity contribution < 1.29 is 19.1 Å². The molecule has 1 heterocycles. The van der Waals surface area contributed by atoms with Gasteiger partial charge in [-0.3, -0.25) is 14.5 Å². The number of thioether (sulfide) groups is 1. The molecule has 1 saturated heterocycles. The maximum absolute atomic E-state index is 12.4. The van der Waals surface area contributed by atoms with Crippen LogP contribution in [0.1, 0.15) is 11.1 Å². The molecule has 29 heavy (non-hydrogen) atoms. The highest BCUT2D eigenvalue weighted by Crippen LogP contribution is 2.38. The first-order chi connectivity index (χ1) is 13.9. The third kappa shape index (κ3) is 5.27. The summed E-state index contributed by atoms with van der Waals surface area (Å²) in [6.07, 6.45) is 1.58. The molecule has 1 aliphatic heterocycles. The fourth-order valence-electron chi connectivity index (χ4n) is 2.59. The van der Waals surface area contributed by atoms with Crippen LogP contribution < -0.4 is 4.74 Å². The van der Waals surface area contributed by atoms with Crippen LogP contribution in [0.5, 0.6) is 5.75 Å². The second-order valence-corrected chi connectivity index (χ2v) is 8.23. The molecule has 0 aliphatic carbocycles. The zero-order valence-electron chi connectivity index (χ0n) is 15.3. The number of ether oxygens (including phenoxy) is 2. The number of carbonyl (C=O) groups excluding carboxylic acids is 2. The lowest BCUT2D eigenvalue weighted by molar-refractivity contribution is -0.123. The van der Waals surface area contributed by atoms with E-state index in [0.717, 1.165) is 22.2 Å². The molecule has 2 amide bonds. The minimum Gasteiger partial charge on any atom is -0.486 e. The average Bonchev–Trinajstić information content (AvgIpc) is 2.93. The summed E-state index contributed by atoms with van der Waals surface area (Å²) in [7, 11) is 1.51. The van der Waals surface area contributed by atoms with Crippen molar-refractivity contribution in [1.29, 1.82) is 0 Å². The molecule has 1 fully saturated rings. The van der Waals surface area contributed by atoms with Gasteiger partial charge in [-0.25, -0.2) is 0 Å². The minimum absolute atomic E-state index is 0.203. The predicted octanol–water partition coefficient (Wildman–Crippen LogP) is 5.91. The van der Waals surface area contributed by atoms with Crippen molar-refractivity contribution in [3.8, 4) is 5.75 Å². The zero-order valence-corrected chi connectivity index (χ0v) is 18.4. The van der Waals surface area contributed by atoms with Gasteiger partial charge in [0.15, 0.2) is 5.75 Å². The molecule has 152 valence electrons. The van der Waals surface area contributed by atoms with Crippen molar-refractivity contribution in [2.75, 3.05) is 20.3 Å². The molecule has 5 nitrogen and oxygen atoms in total. The van der Waals surface area contributed by atoms with Crippen molar-refractivity contribution in [2.45, 2.75) is 6.61 Å². The number of amides is 2. The standard InChI is InChI=1S/C20H16Cl3NO4S/c1-27-7-6-24-19(25)17(29-20(24)26)10-12-8-15(22)18(16(23)9-12)28-11-13-4-2-3-5-14(13)21/h2-5,8-10H,6-7,11H2,1H3/b17-10+. The van der Waals surface area contributed by atoms with E-state index in [1.807, 2.05) is 18.2 Å². The topological polar surface area (TPSA) is 55.8 Å². The largest absolute Gasteiger partial charge is 0.486 e. The van der Waals surface area contributed by atoms with Crippen LogP contribution in [0.3, 0.4) is 0 Å². The Balaban J connectivity index is 1.77. The second kappa shape index (κ2) is 9.87. The number of benzene rings is 2. The summed E-state index contributed by atoms with van der Waals surface area (Å²) in [6.45, 7) is 0.687. The van der Waals surface area contributed by atoms with Crippen LogP contribution in [0.4, 0.5) is 4.79 Å². The van der Waals surface area contributed by atoms with Gasteiger partial charge < -0.3 is 9.47 Å². The fourth-order valence-corrected chi connectivity index (χ4v) is 4.26. The number of carbonyl (C=O) groups is 2. The molecule has 2 aromatic carbocycles. The highest BCUT2D eigenvalue weighted by atomic mass is 35.5. The van der Waals surface area contributed by atoms with Crippen molar-refractivity contribution in [3.05, 3.63) is 67.5 Å². The second-order valence-electron chi connectivity index (χ2n) is 6.02. The molecular weight excluding hydrogens is 457 g/mol. The first kappa shape index (κ1) is 22.0. The number of halogens is 3. The molecule has 0 bridgehead atoms. The number of methoxy groups -OCH3 is 1. The van der Waals surface area contributed by atoms with Crippen molar-refractivity contribution in [1.82, 2.24) is 4.90 Å². The normalized spacial score (nSPS) is 15.4. The first-order valence-corrected chi connectivity index (χ1v) is 10.4. The van der Waals surface area contributed by atoms with Crippen molar-refractivity contribution in [2.24, 2.45) is 0 Å². The third-order valence-corrected chi connectivity index (χ3v) is 5.88. The van der Waals surface area contributed by atoms with Crippen LogP contribution in [0.15, 0.2) is 41.3 Å². The lowest BCUT2D eigenvalue weighted by Crippen LogP contribution is -2.31. The van der Waals surface area contributed by atoms with Crippen LogP contribution in [-0.2, 0) is 16.1 Å². The van der Waals surface area contributed by atoms with Gasteiger partial charge in [0, 0.05) is 17.7 Å². The Morgan fingerprint density at radius 2 is 1.76 bits per heavy atom. The van der Waals surface area contributed by atoms with Gasteiger partial charge >= 0.3 is 0 Å². The van der Waals surface area contributed by atoms with Gasteiger partial charge in [0.05, 0.1) is 28.1 Å². The molecular formula is C20H16Cl3NO4S. The van der Waals surface area contributed by atoms with Crippen LogP contribution in [0.2, 0.25) is 15.1 Å². The van der Waals surface area contributed by atoms with E-state index >= 15 is 0 Å². The van der Waals surface area contributed by atoms with Gasteiger partial charge in [-0.05, 0) is 41.6 Å². The number of hydrogen-bond donors (Lipinski definition) is 0. The molecule has 2 aromatic rings. The van der Waals surface area contributed by atoms with E-state index in [9.17, 15) is 9.59 Å². The quantitative estimate of drug-likeness (QED) is 0.469. The predicted molar refractivity (Wildman–Crippen MR) is 117 cm³/mol. The lowest BCUT2D eigenvalue weighted by atomic mass is 10.2. The van der Waals surface area contributed by atoms with Gasteiger partial charge in [0.2, 0.25) is 0 Å². The third-order valence-electron chi connectivity index (χ3n) is 4.04.